The molecule has 1 heterocycles. The smallest absolute Gasteiger partial charge is 0.200 e. The standard InChI is InChI=1S/C25H24N2O5/c1-29-18-11-10-16(12-19(18)30-2)23-22(15-8-6-5-7-9-15)26-25(27-23)17-13-20(31-3)24(28)21(14-17)32-4/h5-14,28H,1-4H3,(H,26,27). The molecule has 0 aliphatic rings. The van der Waals surface area contributed by atoms with Crippen LogP contribution in [0.15, 0.2) is 60.7 Å². The van der Waals surface area contributed by atoms with Gasteiger partial charge in [0, 0.05) is 16.7 Å². The third-order valence-corrected chi connectivity index (χ3v) is 5.18. The van der Waals surface area contributed by atoms with Crippen LogP contribution in [0, 0.1) is 0 Å². The van der Waals surface area contributed by atoms with E-state index in [1.54, 1.807) is 26.4 Å². The highest BCUT2D eigenvalue weighted by atomic mass is 16.5. The number of imidazole rings is 1. The topological polar surface area (TPSA) is 85.8 Å². The number of methoxy groups -OCH3 is 4. The molecule has 0 amide bonds. The van der Waals surface area contributed by atoms with Crippen molar-refractivity contribution in [3.63, 3.8) is 0 Å². The van der Waals surface area contributed by atoms with Gasteiger partial charge in [-0.05, 0) is 30.3 Å². The van der Waals surface area contributed by atoms with Crippen LogP contribution in [0.3, 0.4) is 0 Å². The van der Waals surface area contributed by atoms with E-state index in [1.807, 2.05) is 48.5 Å². The highest BCUT2D eigenvalue weighted by Gasteiger charge is 2.19. The number of aromatic hydroxyl groups is 1. The first-order valence-electron chi connectivity index (χ1n) is 9.92. The molecule has 0 saturated carbocycles. The van der Waals surface area contributed by atoms with Gasteiger partial charge in [0.25, 0.3) is 0 Å². The second-order valence-corrected chi connectivity index (χ2v) is 6.97. The molecular weight excluding hydrogens is 408 g/mol. The van der Waals surface area contributed by atoms with Crippen molar-refractivity contribution >= 4 is 0 Å². The lowest BCUT2D eigenvalue weighted by Gasteiger charge is -2.10. The largest absolute Gasteiger partial charge is 0.502 e. The Bertz CT molecular complexity index is 1210. The number of benzene rings is 3. The Labute approximate surface area is 186 Å². The maximum Gasteiger partial charge on any atom is 0.200 e. The molecule has 4 aromatic rings. The minimum Gasteiger partial charge on any atom is -0.502 e. The molecule has 0 radical (unpaired) electrons. The number of phenols is 1. The van der Waals surface area contributed by atoms with Crippen molar-refractivity contribution in [3.8, 4) is 62.7 Å². The van der Waals surface area contributed by atoms with E-state index in [2.05, 4.69) is 4.98 Å². The Morgan fingerprint density at radius 2 is 1.25 bits per heavy atom. The fourth-order valence-electron chi connectivity index (χ4n) is 3.55. The molecule has 0 fully saturated rings. The number of rotatable bonds is 7. The molecule has 32 heavy (non-hydrogen) atoms. The first kappa shape index (κ1) is 21.1. The van der Waals surface area contributed by atoms with Crippen LogP contribution in [0.2, 0.25) is 0 Å². The number of phenolic OH excluding ortho intramolecular Hbond substituents is 1. The van der Waals surface area contributed by atoms with Gasteiger partial charge in [-0.2, -0.15) is 0 Å². The van der Waals surface area contributed by atoms with Crippen LogP contribution in [-0.4, -0.2) is 43.5 Å². The summed E-state index contributed by atoms with van der Waals surface area (Å²) in [5, 5.41) is 10.3. The molecule has 3 aromatic carbocycles. The van der Waals surface area contributed by atoms with Crippen molar-refractivity contribution in [3.05, 3.63) is 60.7 Å². The van der Waals surface area contributed by atoms with E-state index in [0.717, 1.165) is 22.5 Å². The lowest BCUT2D eigenvalue weighted by atomic mass is 10.0. The molecule has 0 saturated heterocycles. The quantitative estimate of drug-likeness (QED) is 0.420. The van der Waals surface area contributed by atoms with Crippen LogP contribution in [-0.2, 0) is 0 Å². The third kappa shape index (κ3) is 3.80. The number of hydrogen-bond acceptors (Lipinski definition) is 6. The van der Waals surface area contributed by atoms with E-state index in [1.165, 1.54) is 14.2 Å². The molecule has 0 aliphatic carbocycles. The van der Waals surface area contributed by atoms with Crippen molar-refractivity contribution < 1.29 is 24.1 Å². The van der Waals surface area contributed by atoms with Gasteiger partial charge < -0.3 is 29.0 Å². The van der Waals surface area contributed by atoms with E-state index in [-0.39, 0.29) is 5.75 Å². The van der Waals surface area contributed by atoms with E-state index in [0.29, 0.717) is 34.4 Å². The predicted octanol–water partition coefficient (Wildman–Crippen LogP) is 5.15. The number of aromatic nitrogens is 2. The van der Waals surface area contributed by atoms with Crippen LogP contribution >= 0.6 is 0 Å². The van der Waals surface area contributed by atoms with E-state index in [9.17, 15) is 5.11 Å². The van der Waals surface area contributed by atoms with E-state index < -0.39 is 0 Å². The zero-order valence-electron chi connectivity index (χ0n) is 18.3. The van der Waals surface area contributed by atoms with Crippen LogP contribution in [0.4, 0.5) is 0 Å². The van der Waals surface area contributed by atoms with Gasteiger partial charge in [-0.3, -0.25) is 0 Å². The Kier molecular flexibility index (Phi) is 5.89. The fraction of sp³-hybridized carbons (Fsp3) is 0.160. The molecule has 1 aromatic heterocycles. The first-order valence-corrected chi connectivity index (χ1v) is 9.92. The Hall–Kier alpha value is -4.13. The second-order valence-electron chi connectivity index (χ2n) is 6.97. The van der Waals surface area contributed by atoms with Gasteiger partial charge in [-0.1, -0.05) is 30.3 Å². The molecule has 164 valence electrons. The molecule has 0 aliphatic heterocycles. The Balaban J connectivity index is 1.92. The zero-order chi connectivity index (χ0) is 22.7. The predicted molar refractivity (Wildman–Crippen MR) is 123 cm³/mol. The van der Waals surface area contributed by atoms with Crippen molar-refractivity contribution in [2.75, 3.05) is 28.4 Å². The minimum absolute atomic E-state index is 0.0614. The van der Waals surface area contributed by atoms with Gasteiger partial charge in [0.15, 0.2) is 23.0 Å². The number of nitrogens with one attached hydrogen (secondary N) is 1. The third-order valence-electron chi connectivity index (χ3n) is 5.18. The maximum atomic E-state index is 10.3. The normalized spacial score (nSPS) is 10.6. The number of H-pyrrole nitrogens is 1. The summed E-state index contributed by atoms with van der Waals surface area (Å²) in [6.07, 6.45) is 0. The summed E-state index contributed by atoms with van der Waals surface area (Å²) in [5.74, 6) is 2.39. The molecule has 7 nitrogen and oxygen atoms in total. The minimum atomic E-state index is -0.0614. The van der Waals surface area contributed by atoms with Gasteiger partial charge in [-0.15, -0.1) is 0 Å². The average Bonchev–Trinajstić information content (AvgIpc) is 3.30. The van der Waals surface area contributed by atoms with Crippen LogP contribution in [0.1, 0.15) is 0 Å². The van der Waals surface area contributed by atoms with Gasteiger partial charge in [0.05, 0.1) is 39.8 Å². The summed E-state index contributed by atoms with van der Waals surface area (Å²) in [7, 11) is 6.19. The SMILES string of the molecule is COc1ccc(-c2nc(-c3cc(OC)c(O)c(OC)c3)[nH]c2-c2ccccc2)cc1OC. The van der Waals surface area contributed by atoms with Gasteiger partial charge in [-0.25, -0.2) is 4.98 Å². The molecule has 0 bridgehead atoms. The zero-order valence-corrected chi connectivity index (χ0v) is 18.3. The van der Waals surface area contributed by atoms with E-state index in [4.69, 9.17) is 23.9 Å². The molecule has 0 unspecified atom stereocenters. The number of aromatic amines is 1. The lowest BCUT2D eigenvalue weighted by Crippen LogP contribution is -1.92. The van der Waals surface area contributed by atoms with Gasteiger partial charge in [0.2, 0.25) is 5.75 Å². The van der Waals surface area contributed by atoms with Crippen LogP contribution in [0.5, 0.6) is 28.7 Å². The van der Waals surface area contributed by atoms with Crippen LogP contribution < -0.4 is 18.9 Å². The molecule has 7 heteroatoms. The van der Waals surface area contributed by atoms with Crippen molar-refractivity contribution in [1.29, 1.82) is 0 Å². The summed E-state index contributed by atoms with van der Waals surface area (Å²) >= 11 is 0. The van der Waals surface area contributed by atoms with Crippen molar-refractivity contribution in [2.45, 2.75) is 0 Å². The Morgan fingerprint density at radius 3 is 1.84 bits per heavy atom. The molecule has 0 atom stereocenters. The van der Waals surface area contributed by atoms with Gasteiger partial charge in [0.1, 0.15) is 5.82 Å². The Morgan fingerprint density at radius 1 is 0.656 bits per heavy atom. The molecule has 4 rings (SSSR count). The van der Waals surface area contributed by atoms with Crippen LogP contribution in [0.25, 0.3) is 33.9 Å². The first-order chi connectivity index (χ1) is 15.6. The van der Waals surface area contributed by atoms with Crippen molar-refractivity contribution in [1.82, 2.24) is 9.97 Å². The number of ether oxygens (including phenoxy) is 4. The number of hydrogen-bond donors (Lipinski definition) is 2. The molecule has 2 N–H and O–H groups in total. The van der Waals surface area contributed by atoms with Gasteiger partial charge >= 0.3 is 0 Å². The van der Waals surface area contributed by atoms with Crippen molar-refractivity contribution in [2.24, 2.45) is 0 Å². The number of nitrogens with zero attached hydrogens (tertiary/aromatic N) is 1. The molecular formula is C25H24N2O5. The second kappa shape index (κ2) is 8.93. The monoisotopic (exact) mass is 432 g/mol. The summed E-state index contributed by atoms with van der Waals surface area (Å²) in [5.41, 5.74) is 4.15. The average molecular weight is 432 g/mol. The highest BCUT2D eigenvalue weighted by molar-refractivity contribution is 5.82. The maximum absolute atomic E-state index is 10.3. The summed E-state index contributed by atoms with van der Waals surface area (Å²) in [6.45, 7) is 0. The summed E-state index contributed by atoms with van der Waals surface area (Å²) in [4.78, 5) is 8.32. The summed E-state index contributed by atoms with van der Waals surface area (Å²) in [6, 6.07) is 19.0. The summed E-state index contributed by atoms with van der Waals surface area (Å²) < 4.78 is 21.5. The van der Waals surface area contributed by atoms with E-state index >= 15 is 0 Å². The fourth-order valence-corrected chi connectivity index (χ4v) is 3.55. The lowest BCUT2D eigenvalue weighted by molar-refractivity contribution is 0.340. The highest BCUT2D eigenvalue weighted by Crippen LogP contribution is 2.42. The molecule has 0 spiro atoms.